The molecule has 2 aromatic rings. The topological polar surface area (TPSA) is 50.8 Å². The molecular weight excluding hydrogens is 304 g/mol. The number of rotatable bonds is 7. The zero-order valence-corrected chi connectivity index (χ0v) is 14.4. The van der Waals surface area contributed by atoms with Gasteiger partial charge in [0.25, 0.3) is 0 Å². The Morgan fingerprint density at radius 3 is 2.62 bits per heavy atom. The smallest absolute Gasteiger partial charge is 0.345 e. The zero-order chi connectivity index (χ0) is 17.4. The SMILES string of the molecule is CON(C)C(=O)Nc1cccc(OCCCc2ccc(C)cc2)c1. The number of carbonyl (C=O) groups is 1. The van der Waals surface area contributed by atoms with Gasteiger partial charge < -0.3 is 10.1 Å². The average molecular weight is 328 g/mol. The highest BCUT2D eigenvalue weighted by molar-refractivity contribution is 5.88. The van der Waals surface area contributed by atoms with Crippen LogP contribution < -0.4 is 10.1 Å². The lowest BCUT2D eigenvalue weighted by Crippen LogP contribution is -2.30. The molecular formula is C19H24N2O3. The van der Waals surface area contributed by atoms with Gasteiger partial charge in [0.05, 0.1) is 13.7 Å². The van der Waals surface area contributed by atoms with E-state index in [4.69, 9.17) is 9.57 Å². The molecule has 128 valence electrons. The van der Waals surface area contributed by atoms with Crippen molar-refractivity contribution in [2.75, 3.05) is 26.1 Å². The summed E-state index contributed by atoms with van der Waals surface area (Å²) >= 11 is 0. The molecule has 0 radical (unpaired) electrons. The van der Waals surface area contributed by atoms with Gasteiger partial charge in [-0.05, 0) is 37.5 Å². The lowest BCUT2D eigenvalue weighted by atomic mass is 10.1. The van der Waals surface area contributed by atoms with Crippen molar-refractivity contribution in [3.63, 3.8) is 0 Å². The Balaban J connectivity index is 1.79. The Morgan fingerprint density at radius 2 is 1.92 bits per heavy atom. The summed E-state index contributed by atoms with van der Waals surface area (Å²) in [6.07, 6.45) is 1.92. The van der Waals surface area contributed by atoms with Gasteiger partial charge in [-0.15, -0.1) is 0 Å². The maximum absolute atomic E-state index is 11.7. The van der Waals surface area contributed by atoms with Gasteiger partial charge in [0.2, 0.25) is 0 Å². The molecule has 0 heterocycles. The Kier molecular flexibility index (Phi) is 6.63. The highest BCUT2D eigenvalue weighted by atomic mass is 16.7. The van der Waals surface area contributed by atoms with E-state index in [1.54, 1.807) is 19.2 Å². The number of amides is 2. The van der Waals surface area contributed by atoms with Crippen LogP contribution in [0.5, 0.6) is 5.75 Å². The van der Waals surface area contributed by atoms with Gasteiger partial charge in [0.15, 0.2) is 0 Å². The third kappa shape index (κ3) is 5.59. The van der Waals surface area contributed by atoms with E-state index in [0.717, 1.165) is 23.7 Å². The first-order valence-electron chi connectivity index (χ1n) is 7.95. The van der Waals surface area contributed by atoms with E-state index < -0.39 is 0 Å². The molecule has 0 unspecified atom stereocenters. The molecule has 0 aliphatic rings. The Hall–Kier alpha value is -2.53. The number of nitrogens with zero attached hydrogens (tertiary/aromatic N) is 1. The molecule has 0 saturated carbocycles. The van der Waals surface area contributed by atoms with Crippen molar-refractivity contribution in [3.8, 4) is 5.75 Å². The Labute approximate surface area is 143 Å². The van der Waals surface area contributed by atoms with Crippen molar-refractivity contribution in [3.05, 3.63) is 59.7 Å². The number of nitrogens with one attached hydrogen (secondary N) is 1. The minimum Gasteiger partial charge on any atom is -0.494 e. The maximum atomic E-state index is 11.7. The van der Waals surface area contributed by atoms with Crippen molar-refractivity contribution in [1.29, 1.82) is 0 Å². The van der Waals surface area contributed by atoms with Crippen LogP contribution in [-0.4, -0.2) is 31.9 Å². The van der Waals surface area contributed by atoms with Crippen molar-refractivity contribution in [2.24, 2.45) is 0 Å². The summed E-state index contributed by atoms with van der Waals surface area (Å²) < 4.78 is 5.76. The fraction of sp³-hybridized carbons (Fsp3) is 0.316. The lowest BCUT2D eigenvalue weighted by Gasteiger charge is -2.15. The van der Waals surface area contributed by atoms with Crippen LogP contribution in [0.25, 0.3) is 0 Å². The predicted molar refractivity (Wildman–Crippen MR) is 95.2 cm³/mol. The van der Waals surface area contributed by atoms with Crippen molar-refractivity contribution in [2.45, 2.75) is 19.8 Å². The normalized spacial score (nSPS) is 10.3. The molecule has 1 N–H and O–H groups in total. The van der Waals surface area contributed by atoms with Crippen LogP contribution in [0.15, 0.2) is 48.5 Å². The van der Waals surface area contributed by atoms with E-state index in [0.29, 0.717) is 12.3 Å². The molecule has 0 aliphatic carbocycles. The monoisotopic (exact) mass is 328 g/mol. The van der Waals surface area contributed by atoms with Crippen molar-refractivity contribution in [1.82, 2.24) is 5.06 Å². The maximum Gasteiger partial charge on any atom is 0.345 e. The van der Waals surface area contributed by atoms with E-state index in [-0.39, 0.29) is 6.03 Å². The second-order valence-electron chi connectivity index (χ2n) is 5.58. The summed E-state index contributed by atoms with van der Waals surface area (Å²) in [5, 5.41) is 3.86. The molecule has 0 bridgehead atoms. The van der Waals surface area contributed by atoms with E-state index in [1.807, 2.05) is 12.1 Å². The standard InChI is InChI=1S/C19H24N2O3/c1-15-9-11-16(12-10-15)6-5-13-24-18-8-4-7-17(14-18)20-19(22)21(2)23-3/h4,7-12,14H,5-6,13H2,1-3H3,(H,20,22). The molecule has 0 saturated heterocycles. The summed E-state index contributed by atoms with van der Waals surface area (Å²) in [6, 6.07) is 15.5. The minimum atomic E-state index is -0.339. The van der Waals surface area contributed by atoms with Gasteiger partial charge >= 0.3 is 6.03 Å². The minimum absolute atomic E-state index is 0.339. The summed E-state index contributed by atoms with van der Waals surface area (Å²) in [6.45, 7) is 2.71. The van der Waals surface area contributed by atoms with Crippen LogP contribution in [0.2, 0.25) is 0 Å². The van der Waals surface area contributed by atoms with Gasteiger partial charge in [0, 0.05) is 18.8 Å². The number of urea groups is 1. The number of carbonyl (C=O) groups excluding carboxylic acids is 1. The molecule has 5 nitrogen and oxygen atoms in total. The van der Waals surface area contributed by atoms with E-state index in [1.165, 1.54) is 18.2 Å². The van der Waals surface area contributed by atoms with E-state index >= 15 is 0 Å². The first-order valence-corrected chi connectivity index (χ1v) is 7.95. The van der Waals surface area contributed by atoms with E-state index in [2.05, 4.69) is 36.5 Å². The Morgan fingerprint density at radius 1 is 1.17 bits per heavy atom. The number of aryl methyl sites for hydroxylation is 2. The highest BCUT2D eigenvalue weighted by Crippen LogP contribution is 2.18. The second-order valence-corrected chi connectivity index (χ2v) is 5.58. The highest BCUT2D eigenvalue weighted by Gasteiger charge is 2.08. The van der Waals surface area contributed by atoms with Crippen LogP contribution >= 0.6 is 0 Å². The molecule has 24 heavy (non-hydrogen) atoms. The number of hydrogen-bond donors (Lipinski definition) is 1. The summed E-state index contributed by atoms with van der Waals surface area (Å²) in [5.41, 5.74) is 3.25. The van der Waals surface area contributed by atoms with Gasteiger partial charge in [-0.3, -0.25) is 4.84 Å². The first-order chi connectivity index (χ1) is 11.6. The molecule has 2 amide bonds. The molecule has 5 heteroatoms. The number of hydrogen-bond acceptors (Lipinski definition) is 3. The first kappa shape index (κ1) is 17.8. The fourth-order valence-electron chi connectivity index (χ4n) is 2.17. The van der Waals surface area contributed by atoms with Crippen LogP contribution in [0.1, 0.15) is 17.5 Å². The Bertz CT molecular complexity index is 656. The molecule has 0 spiro atoms. The predicted octanol–water partition coefficient (Wildman–Crippen LogP) is 4.03. The molecule has 0 aromatic heterocycles. The molecule has 2 aromatic carbocycles. The van der Waals surface area contributed by atoms with Gasteiger partial charge in [0.1, 0.15) is 5.75 Å². The quantitative estimate of drug-likeness (QED) is 0.616. The third-order valence-corrected chi connectivity index (χ3v) is 3.64. The fourth-order valence-corrected chi connectivity index (χ4v) is 2.17. The van der Waals surface area contributed by atoms with Crippen LogP contribution in [0.3, 0.4) is 0 Å². The molecule has 0 atom stereocenters. The average Bonchev–Trinajstić information content (AvgIpc) is 2.60. The van der Waals surface area contributed by atoms with Gasteiger partial charge in [-0.25, -0.2) is 9.86 Å². The van der Waals surface area contributed by atoms with E-state index in [9.17, 15) is 4.79 Å². The second kappa shape index (κ2) is 8.93. The number of ether oxygens (including phenoxy) is 1. The zero-order valence-electron chi connectivity index (χ0n) is 14.4. The molecule has 2 rings (SSSR count). The number of benzene rings is 2. The van der Waals surface area contributed by atoms with Crippen molar-refractivity contribution < 1.29 is 14.4 Å². The van der Waals surface area contributed by atoms with Gasteiger partial charge in [-0.1, -0.05) is 35.9 Å². The molecule has 0 aliphatic heterocycles. The summed E-state index contributed by atoms with van der Waals surface area (Å²) in [4.78, 5) is 16.6. The largest absolute Gasteiger partial charge is 0.494 e. The molecule has 0 fully saturated rings. The third-order valence-electron chi connectivity index (χ3n) is 3.64. The van der Waals surface area contributed by atoms with Crippen molar-refractivity contribution >= 4 is 11.7 Å². The van der Waals surface area contributed by atoms with Gasteiger partial charge in [-0.2, -0.15) is 0 Å². The van der Waals surface area contributed by atoms with Crippen LogP contribution in [0, 0.1) is 6.92 Å². The summed E-state index contributed by atoms with van der Waals surface area (Å²) in [7, 11) is 2.98. The number of anilines is 1. The lowest BCUT2D eigenvalue weighted by molar-refractivity contribution is -0.0598. The van der Waals surface area contributed by atoms with Crippen LogP contribution in [0.4, 0.5) is 10.5 Å². The number of hydroxylamine groups is 2. The van der Waals surface area contributed by atoms with Crippen LogP contribution in [-0.2, 0) is 11.3 Å². The summed E-state index contributed by atoms with van der Waals surface area (Å²) in [5.74, 6) is 0.733.